The monoisotopic (exact) mass is 238 g/mol. The Bertz CT molecular complexity index is 341. The van der Waals surface area contributed by atoms with Crippen molar-refractivity contribution in [3.8, 4) is 0 Å². The molecule has 0 bridgehead atoms. The highest BCUT2D eigenvalue weighted by atomic mass is 16.4. The Labute approximate surface area is 101 Å². The number of aliphatic carboxylic acids is 1. The van der Waals surface area contributed by atoms with Crippen molar-refractivity contribution in [2.75, 3.05) is 26.2 Å². The van der Waals surface area contributed by atoms with E-state index in [2.05, 4.69) is 6.08 Å². The zero-order valence-corrected chi connectivity index (χ0v) is 9.84. The van der Waals surface area contributed by atoms with E-state index in [1.807, 2.05) is 6.08 Å². The van der Waals surface area contributed by atoms with E-state index in [4.69, 9.17) is 5.11 Å². The minimum absolute atomic E-state index is 0.0136. The van der Waals surface area contributed by atoms with Crippen LogP contribution in [0.4, 0.5) is 4.79 Å². The molecule has 0 aromatic heterocycles. The third-order valence-electron chi connectivity index (χ3n) is 3.37. The second-order valence-corrected chi connectivity index (χ2v) is 4.61. The van der Waals surface area contributed by atoms with Gasteiger partial charge in [-0.1, -0.05) is 12.2 Å². The number of likely N-dealkylation sites (tertiary alicyclic amines) is 1. The zero-order chi connectivity index (χ0) is 12.3. The fraction of sp³-hybridized carbons (Fsp3) is 0.667. The van der Waals surface area contributed by atoms with Gasteiger partial charge < -0.3 is 14.9 Å². The number of carbonyl (C=O) groups is 2. The number of piperidine rings is 1. The highest BCUT2D eigenvalue weighted by Crippen LogP contribution is 2.18. The summed E-state index contributed by atoms with van der Waals surface area (Å²) in [6.07, 6.45) is 6.41. The van der Waals surface area contributed by atoms with Crippen LogP contribution in [0.3, 0.4) is 0 Å². The quantitative estimate of drug-likeness (QED) is 0.697. The number of carbonyl (C=O) groups excluding carboxylic acids is 1. The summed E-state index contributed by atoms with van der Waals surface area (Å²) in [6.45, 7) is 2.42. The number of urea groups is 1. The molecule has 1 fully saturated rings. The smallest absolute Gasteiger partial charge is 0.320 e. The van der Waals surface area contributed by atoms with Crippen LogP contribution in [-0.2, 0) is 4.79 Å². The van der Waals surface area contributed by atoms with Gasteiger partial charge in [-0.3, -0.25) is 4.79 Å². The molecule has 5 heteroatoms. The molecule has 2 rings (SSSR count). The summed E-state index contributed by atoms with van der Waals surface area (Å²) in [4.78, 5) is 26.5. The Kier molecular flexibility index (Phi) is 3.66. The summed E-state index contributed by atoms with van der Waals surface area (Å²) >= 11 is 0. The van der Waals surface area contributed by atoms with Crippen molar-refractivity contribution in [1.82, 2.24) is 9.80 Å². The number of rotatable bonds is 1. The van der Waals surface area contributed by atoms with Crippen LogP contribution < -0.4 is 0 Å². The largest absolute Gasteiger partial charge is 0.481 e. The van der Waals surface area contributed by atoms with Gasteiger partial charge in [-0.15, -0.1) is 0 Å². The molecule has 1 N–H and O–H groups in total. The SMILES string of the molecule is O=C(O)[C@H]1CCCN(C(=O)N2CC=CCC2)C1. The van der Waals surface area contributed by atoms with Crippen molar-refractivity contribution >= 4 is 12.0 Å². The molecule has 17 heavy (non-hydrogen) atoms. The van der Waals surface area contributed by atoms with E-state index < -0.39 is 11.9 Å². The van der Waals surface area contributed by atoms with Crippen LogP contribution in [0.1, 0.15) is 19.3 Å². The Morgan fingerprint density at radius 2 is 2.00 bits per heavy atom. The first-order valence-electron chi connectivity index (χ1n) is 6.10. The minimum Gasteiger partial charge on any atom is -0.481 e. The molecular weight excluding hydrogens is 220 g/mol. The first-order chi connectivity index (χ1) is 8.18. The maximum atomic E-state index is 12.1. The van der Waals surface area contributed by atoms with Gasteiger partial charge in [-0.25, -0.2) is 4.79 Å². The Hall–Kier alpha value is -1.52. The first-order valence-corrected chi connectivity index (χ1v) is 6.10. The Morgan fingerprint density at radius 3 is 2.65 bits per heavy atom. The first kappa shape index (κ1) is 12.0. The van der Waals surface area contributed by atoms with Gasteiger partial charge in [0.1, 0.15) is 0 Å². The number of hydrogen-bond acceptors (Lipinski definition) is 2. The summed E-state index contributed by atoms with van der Waals surface area (Å²) in [5, 5.41) is 8.99. The maximum Gasteiger partial charge on any atom is 0.320 e. The van der Waals surface area contributed by atoms with E-state index >= 15 is 0 Å². The van der Waals surface area contributed by atoms with Gasteiger partial charge in [0.05, 0.1) is 5.92 Å². The highest BCUT2D eigenvalue weighted by molar-refractivity contribution is 5.77. The van der Waals surface area contributed by atoms with Crippen molar-refractivity contribution in [1.29, 1.82) is 0 Å². The van der Waals surface area contributed by atoms with Gasteiger partial charge in [-0.05, 0) is 19.3 Å². The lowest BCUT2D eigenvalue weighted by atomic mass is 9.98. The molecule has 94 valence electrons. The molecule has 1 saturated heterocycles. The van der Waals surface area contributed by atoms with Crippen LogP contribution in [0, 0.1) is 5.92 Å². The van der Waals surface area contributed by atoms with Gasteiger partial charge in [0.2, 0.25) is 0 Å². The second kappa shape index (κ2) is 5.21. The summed E-state index contributed by atoms with van der Waals surface area (Å²) in [5.41, 5.74) is 0. The van der Waals surface area contributed by atoms with E-state index in [1.165, 1.54) is 0 Å². The molecule has 0 saturated carbocycles. The van der Waals surface area contributed by atoms with Gasteiger partial charge in [-0.2, -0.15) is 0 Å². The van der Waals surface area contributed by atoms with Crippen molar-refractivity contribution in [2.24, 2.45) is 5.92 Å². The molecule has 0 aliphatic carbocycles. The van der Waals surface area contributed by atoms with Crippen molar-refractivity contribution in [2.45, 2.75) is 19.3 Å². The van der Waals surface area contributed by atoms with Gasteiger partial charge in [0.15, 0.2) is 0 Å². The number of carboxylic acid groups (broad SMARTS) is 1. The molecule has 5 nitrogen and oxygen atoms in total. The summed E-state index contributed by atoms with van der Waals surface area (Å²) in [7, 11) is 0. The highest BCUT2D eigenvalue weighted by Gasteiger charge is 2.30. The van der Waals surface area contributed by atoms with Crippen LogP contribution in [-0.4, -0.2) is 53.1 Å². The third-order valence-corrected chi connectivity index (χ3v) is 3.37. The molecule has 0 radical (unpaired) electrons. The lowest BCUT2D eigenvalue weighted by molar-refractivity contribution is -0.143. The topological polar surface area (TPSA) is 60.9 Å². The predicted molar refractivity (Wildman–Crippen MR) is 62.7 cm³/mol. The molecule has 1 atom stereocenters. The summed E-state index contributed by atoms with van der Waals surface area (Å²) < 4.78 is 0. The Balaban J connectivity index is 1.94. The number of nitrogens with zero attached hydrogens (tertiary/aromatic N) is 2. The molecule has 2 heterocycles. The molecule has 2 amide bonds. The van der Waals surface area contributed by atoms with Crippen LogP contribution in [0.5, 0.6) is 0 Å². The summed E-state index contributed by atoms with van der Waals surface area (Å²) in [6, 6.07) is -0.0136. The van der Waals surface area contributed by atoms with Crippen LogP contribution in [0.25, 0.3) is 0 Å². The van der Waals surface area contributed by atoms with Crippen molar-refractivity contribution in [3.05, 3.63) is 12.2 Å². The van der Waals surface area contributed by atoms with Crippen molar-refractivity contribution in [3.63, 3.8) is 0 Å². The molecule has 0 aromatic rings. The molecule has 2 aliphatic heterocycles. The second-order valence-electron chi connectivity index (χ2n) is 4.61. The van der Waals surface area contributed by atoms with Gasteiger partial charge in [0, 0.05) is 26.2 Å². The Morgan fingerprint density at radius 1 is 1.18 bits per heavy atom. The predicted octanol–water partition coefficient (Wildman–Crippen LogP) is 1.16. The number of amides is 2. The minimum atomic E-state index is -0.791. The standard InChI is InChI=1S/C12H18N2O3/c15-11(16)10-5-4-8-14(9-10)12(17)13-6-2-1-3-7-13/h1-2,10H,3-9H2,(H,15,16)/t10-/m0/s1. The normalized spacial score (nSPS) is 24.8. The molecule has 0 aromatic carbocycles. The van der Waals surface area contributed by atoms with Gasteiger partial charge >= 0.3 is 12.0 Å². The molecule has 0 unspecified atom stereocenters. The maximum absolute atomic E-state index is 12.1. The van der Waals surface area contributed by atoms with Gasteiger partial charge in [0.25, 0.3) is 0 Å². The number of hydrogen-bond donors (Lipinski definition) is 1. The lowest BCUT2D eigenvalue weighted by Crippen LogP contribution is -2.49. The summed E-state index contributed by atoms with van der Waals surface area (Å²) in [5.74, 6) is -1.19. The molecule has 0 spiro atoms. The zero-order valence-electron chi connectivity index (χ0n) is 9.84. The molecule has 2 aliphatic rings. The van der Waals surface area contributed by atoms with E-state index in [9.17, 15) is 9.59 Å². The van der Waals surface area contributed by atoms with E-state index in [1.54, 1.807) is 9.80 Å². The van der Waals surface area contributed by atoms with Crippen LogP contribution in [0.2, 0.25) is 0 Å². The fourth-order valence-electron chi connectivity index (χ4n) is 2.37. The molecular formula is C12H18N2O3. The fourth-order valence-corrected chi connectivity index (χ4v) is 2.37. The average Bonchev–Trinajstić information content (AvgIpc) is 2.39. The van der Waals surface area contributed by atoms with E-state index in [0.717, 1.165) is 19.4 Å². The van der Waals surface area contributed by atoms with E-state index in [-0.39, 0.29) is 6.03 Å². The van der Waals surface area contributed by atoms with Crippen LogP contribution >= 0.6 is 0 Å². The average molecular weight is 238 g/mol. The number of carboxylic acids is 1. The lowest BCUT2D eigenvalue weighted by Gasteiger charge is -2.35. The third kappa shape index (κ3) is 2.78. The van der Waals surface area contributed by atoms with Crippen molar-refractivity contribution < 1.29 is 14.7 Å². The van der Waals surface area contributed by atoms with E-state index in [0.29, 0.717) is 26.1 Å². The van der Waals surface area contributed by atoms with Crippen LogP contribution in [0.15, 0.2) is 12.2 Å².